The van der Waals surface area contributed by atoms with Gasteiger partial charge in [0.2, 0.25) is 0 Å². The minimum Gasteiger partial charge on any atom is -0.489 e. The van der Waals surface area contributed by atoms with Crippen molar-refractivity contribution >= 4 is 17.7 Å². The molecule has 0 N–H and O–H groups in total. The van der Waals surface area contributed by atoms with Crippen molar-refractivity contribution in [3.05, 3.63) is 102 Å². The zero-order valence-electron chi connectivity index (χ0n) is 15.0. The summed E-state index contributed by atoms with van der Waals surface area (Å²) in [6.45, 7) is 1.26. The molecule has 4 heteroatoms. The van der Waals surface area contributed by atoms with Gasteiger partial charge in [0.1, 0.15) is 17.7 Å². The predicted molar refractivity (Wildman–Crippen MR) is 110 cm³/mol. The molecule has 0 bridgehead atoms. The van der Waals surface area contributed by atoms with Gasteiger partial charge in [0.15, 0.2) is 0 Å². The van der Waals surface area contributed by atoms with Crippen LogP contribution in [-0.2, 0) is 6.61 Å². The molecule has 1 aliphatic heterocycles. The number of hydrogen-bond acceptors (Lipinski definition) is 3. The van der Waals surface area contributed by atoms with E-state index in [1.54, 1.807) is 11.8 Å². The van der Waals surface area contributed by atoms with Gasteiger partial charge in [-0.25, -0.2) is 0 Å². The van der Waals surface area contributed by atoms with Gasteiger partial charge >= 0.3 is 0 Å². The van der Waals surface area contributed by atoms with Gasteiger partial charge in [-0.05, 0) is 23.8 Å². The maximum absolute atomic E-state index is 13.0. The van der Waals surface area contributed by atoms with Crippen LogP contribution in [0.4, 0.5) is 0 Å². The number of benzene rings is 3. The van der Waals surface area contributed by atoms with Crippen LogP contribution in [0.15, 0.2) is 84.9 Å². The molecule has 1 aliphatic rings. The highest BCUT2D eigenvalue weighted by atomic mass is 32.2. The lowest BCUT2D eigenvalue weighted by atomic mass is 10.1. The maximum Gasteiger partial charge on any atom is 0.255 e. The average Bonchev–Trinajstić information content (AvgIpc) is 3.23. The number of rotatable bonds is 5. The van der Waals surface area contributed by atoms with Crippen LogP contribution in [0, 0.1) is 0 Å². The number of amides is 1. The summed E-state index contributed by atoms with van der Waals surface area (Å²) in [5.41, 5.74) is 2.91. The zero-order chi connectivity index (χ0) is 18.5. The molecule has 1 heterocycles. The van der Waals surface area contributed by atoms with Crippen LogP contribution in [0.5, 0.6) is 5.75 Å². The van der Waals surface area contributed by atoms with Crippen LogP contribution < -0.4 is 4.74 Å². The van der Waals surface area contributed by atoms with Gasteiger partial charge in [0.05, 0.1) is 0 Å². The standard InChI is InChI=1S/C23H21NO2S/c25-22(19-11-5-2-6-12-19)24-15-16-27-23(24)20-13-7-8-14-21(20)26-17-18-9-3-1-4-10-18/h1-14,23H,15-17H2. The van der Waals surface area contributed by atoms with E-state index in [2.05, 4.69) is 18.2 Å². The molecule has 3 aromatic carbocycles. The largest absolute Gasteiger partial charge is 0.489 e. The minimum atomic E-state index is -0.0234. The van der Waals surface area contributed by atoms with E-state index in [4.69, 9.17) is 4.74 Å². The summed E-state index contributed by atoms with van der Waals surface area (Å²) in [5, 5.41) is -0.0234. The van der Waals surface area contributed by atoms with Gasteiger partial charge in [0, 0.05) is 23.4 Å². The van der Waals surface area contributed by atoms with E-state index in [-0.39, 0.29) is 11.3 Å². The molecule has 3 aromatic rings. The summed E-state index contributed by atoms with van der Waals surface area (Å²) in [6, 6.07) is 27.7. The first-order valence-corrected chi connectivity index (χ1v) is 10.1. The van der Waals surface area contributed by atoms with Crippen molar-refractivity contribution in [2.24, 2.45) is 0 Å². The van der Waals surface area contributed by atoms with Crippen LogP contribution in [0.2, 0.25) is 0 Å². The molecule has 0 spiro atoms. The molecule has 1 saturated heterocycles. The molecule has 0 aromatic heterocycles. The van der Waals surface area contributed by atoms with E-state index >= 15 is 0 Å². The fourth-order valence-electron chi connectivity index (χ4n) is 3.23. The van der Waals surface area contributed by atoms with E-state index in [1.807, 2.05) is 71.6 Å². The molecule has 27 heavy (non-hydrogen) atoms. The van der Waals surface area contributed by atoms with Crippen LogP contribution >= 0.6 is 11.8 Å². The lowest BCUT2D eigenvalue weighted by molar-refractivity contribution is 0.0759. The highest BCUT2D eigenvalue weighted by molar-refractivity contribution is 7.99. The second-order valence-corrected chi connectivity index (χ2v) is 7.59. The minimum absolute atomic E-state index is 0.0234. The highest BCUT2D eigenvalue weighted by Gasteiger charge is 2.32. The summed E-state index contributed by atoms with van der Waals surface area (Å²) >= 11 is 1.79. The predicted octanol–water partition coefficient (Wildman–Crippen LogP) is 5.15. The number of ether oxygens (including phenoxy) is 1. The van der Waals surface area contributed by atoms with E-state index in [0.717, 1.165) is 34.7 Å². The van der Waals surface area contributed by atoms with E-state index < -0.39 is 0 Å². The lowest BCUT2D eigenvalue weighted by Gasteiger charge is -2.26. The van der Waals surface area contributed by atoms with Gasteiger partial charge < -0.3 is 9.64 Å². The number of thioether (sulfide) groups is 1. The van der Waals surface area contributed by atoms with Crippen molar-refractivity contribution < 1.29 is 9.53 Å². The molecule has 1 fully saturated rings. The molecule has 0 aliphatic carbocycles. The third kappa shape index (κ3) is 4.01. The third-order valence-corrected chi connectivity index (χ3v) is 5.84. The summed E-state index contributed by atoms with van der Waals surface area (Å²) < 4.78 is 6.12. The lowest BCUT2D eigenvalue weighted by Crippen LogP contribution is -2.30. The Labute approximate surface area is 164 Å². The van der Waals surface area contributed by atoms with Gasteiger partial charge in [-0.2, -0.15) is 0 Å². The second kappa shape index (κ2) is 8.31. The molecule has 1 atom stereocenters. The number of hydrogen-bond donors (Lipinski definition) is 0. The molecular formula is C23H21NO2S. The van der Waals surface area contributed by atoms with Crippen molar-refractivity contribution in [3.63, 3.8) is 0 Å². The van der Waals surface area contributed by atoms with Crippen molar-refractivity contribution in [3.8, 4) is 5.75 Å². The first kappa shape index (κ1) is 17.7. The molecule has 1 amide bonds. The van der Waals surface area contributed by atoms with Crippen molar-refractivity contribution in [2.75, 3.05) is 12.3 Å². The molecule has 3 nitrogen and oxygen atoms in total. The smallest absolute Gasteiger partial charge is 0.255 e. The Morgan fingerprint density at radius 1 is 0.926 bits per heavy atom. The number of para-hydroxylation sites is 1. The molecule has 1 unspecified atom stereocenters. The van der Waals surface area contributed by atoms with Crippen molar-refractivity contribution in [1.29, 1.82) is 0 Å². The summed E-state index contributed by atoms with van der Waals surface area (Å²) in [6.07, 6.45) is 0. The molecular weight excluding hydrogens is 354 g/mol. The Kier molecular flexibility index (Phi) is 5.45. The second-order valence-electron chi connectivity index (χ2n) is 6.40. The van der Waals surface area contributed by atoms with Crippen LogP contribution in [0.3, 0.4) is 0 Å². The van der Waals surface area contributed by atoms with Crippen molar-refractivity contribution in [2.45, 2.75) is 12.0 Å². The van der Waals surface area contributed by atoms with Crippen LogP contribution in [-0.4, -0.2) is 23.1 Å². The van der Waals surface area contributed by atoms with E-state index in [0.29, 0.717) is 6.61 Å². The Morgan fingerprint density at radius 3 is 2.37 bits per heavy atom. The number of carbonyl (C=O) groups is 1. The Morgan fingerprint density at radius 2 is 1.59 bits per heavy atom. The average molecular weight is 375 g/mol. The monoisotopic (exact) mass is 375 g/mol. The number of nitrogens with zero attached hydrogens (tertiary/aromatic N) is 1. The third-order valence-electron chi connectivity index (χ3n) is 4.59. The highest BCUT2D eigenvalue weighted by Crippen LogP contribution is 2.42. The molecule has 0 saturated carbocycles. The zero-order valence-corrected chi connectivity index (χ0v) is 15.8. The normalized spacial score (nSPS) is 16.3. The summed E-state index contributed by atoms with van der Waals surface area (Å²) in [7, 11) is 0. The first-order chi connectivity index (χ1) is 13.3. The molecule has 0 radical (unpaired) electrons. The van der Waals surface area contributed by atoms with Gasteiger partial charge in [-0.1, -0.05) is 66.7 Å². The Hall–Kier alpha value is -2.72. The topological polar surface area (TPSA) is 29.5 Å². The van der Waals surface area contributed by atoms with Crippen molar-refractivity contribution in [1.82, 2.24) is 4.90 Å². The van der Waals surface area contributed by atoms with E-state index in [9.17, 15) is 4.79 Å². The van der Waals surface area contributed by atoms with E-state index in [1.165, 1.54) is 0 Å². The Balaban J connectivity index is 1.56. The molecule has 4 rings (SSSR count). The maximum atomic E-state index is 13.0. The molecule has 136 valence electrons. The van der Waals surface area contributed by atoms with Gasteiger partial charge in [-0.3, -0.25) is 4.79 Å². The Bertz CT molecular complexity index is 899. The van der Waals surface area contributed by atoms with Crippen LogP contribution in [0.1, 0.15) is 26.9 Å². The number of carbonyl (C=O) groups excluding carboxylic acids is 1. The van der Waals surface area contributed by atoms with Crippen LogP contribution in [0.25, 0.3) is 0 Å². The summed E-state index contributed by atoms with van der Waals surface area (Å²) in [4.78, 5) is 14.9. The quantitative estimate of drug-likeness (QED) is 0.617. The summed E-state index contributed by atoms with van der Waals surface area (Å²) in [5.74, 6) is 1.84. The fraction of sp³-hybridized carbons (Fsp3) is 0.174. The fourth-order valence-corrected chi connectivity index (χ4v) is 4.51. The first-order valence-electron chi connectivity index (χ1n) is 9.06. The SMILES string of the molecule is O=C(c1ccccc1)N1CCSC1c1ccccc1OCc1ccccc1. The van der Waals surface area contributed by atoms with Gasteiger partial charge in [0.25, 0.3) is 5.91 Å². The van der Waals surface area contributed by atoms with Gasteiger partial charge in [-0.15, -0.1) is 11.8 Å².